The van der Waals surface area contributed by atoms with Gasteiger partial charge in [0.05, 0.1) is 0 Å². The Hall–Kier alpha value is -0.920. The van der Waals surface area contributed by atoms with Crippen LogP contribution in [-0.2, 0) is 6.42 Å². The molecule has 0 fully saturated rings. The number of nitrogens with two attached hydrogens (primary N) is 1. The summed E-state index contributed by atoms with van der Waals surface area (Å²) < 4.78 is 25.8. The fourth-order valence-electron chi connectivity index (χ4n) is 1.46. The summed E-state index contributed by atoms with van der Waals surface area (Å²) in [4.78, 5) is 4.11. The Kier molecular flexibility index (Phi) is 8.62. The molecule has 0 aliphatic rings. The van der Waals surface area contributed by atoms with Crippen molar-refractivity contribution >= 4 is 29.9 Å². The van der Waals surface area contributed by atoms with Crippen molar-refractivity contribution in [3.8, 4) is 0 Å². The Bertz CT molecular complexity index is 404. The van der Waals surface area contributed by atoms with Crippen LogP contribution in [0, 0.1) is 11.6 Å². The van der Waals surface area contributed by atoms with Crippen molar-refractivity contribution in [2.75, 3.05) is 6.54 Å². The molecule has 0 aromatic heterocycles. The van der Waals surface area contributed by atoms with Gasteiger partial charge in [0.2, 0.25) is 0 Å². The summed E-state index contributed by atoms with van der Waals surface area (Å²) in [5, 5.41) is 3.02. The summed E-state index contributed by atoms with van der Waals surface area (Å²) in [6.45, 7) is 4.45. The third-order valence-corrected chi connectivity index (χ3v) is 2.61. The number of nitrogens with one attached hydrogen (secondary N) is 1. The van der Waals surface area contributed by atoms with Crippen molar-refractivity contribution in [2.24, 2.45) is 10.7 Å². The van der Waals surface area contributed by atoms with Gasteiger partial charge in [-0.05, 0) is 37.5 Å². The van der Waals surface area contributed by atoms with Gasteiger partial charge in [-0.15, -0.1) is 24.0 Å². The fourth-order valence-corrected chi connectivity index (χ4v) is 1.46. The SMILES string of the molecule is CCC(C)NC(N)=NCCc1cc(F)cc(F)c1.I. The number of aliphatic imine (C=N–C) groups is 1. The van der Waals surface area contributed by atoms with Crippen LogP contribution in [0.15, 0.2) is 23.2 Å². The maximum Gasteiger partial charge on any atom is 0.188 e. The second-order valence-corrected chi connectivity index (χ2v) is 4.25. The van der Waals surface area contributed by atoms with Crippen molar-refractivity contribution in [2.45, 2.75) is 32.7 Å². The molecule has 0 spiro atoms. The molecule has 1 aromatic carbocycles. The molecule has 0 bridgehead atoms. The smallest absolute Gasteiger partial charge is 0.188 e. The van der Waals surface area contributed by atoms with Crippen LogP contribution in [0.2, 0.25) is 0 Å². The number of nitrogens with zero attached hydrogens (tertiary/aromatic N) is 1. The second kappa shape index (κ2) is 9.06. The molecule has 6 heteroatoms. The average molecular weight is 383 g/mol. The number of hydrogen-bond acceptors (Lipinski definition) is 1. The van der Waals surface area contributed by atoms with Gasteiger partial charge in [0, 0.05) is 18.7 Å². The highest BCUT2D eigenvalue weighted by Gasteiger charge is 2.01. The van der Waals surface area contributed by atoms with Gasteiger partial charge >= 0.3 is 0 Å². The second-order valence-electron chi connectivity index (χ2n) is 4.25. The van der Waals surface area contributed by atoms with E-state index in [1.807, 2.05) is 13.8 Å². The molecule has 0 radical (unpaired) electrons. The molecular formula is C13H20F2IN3. The largest absolute Gasteiger partial charge is 0.370 e. The molecular weight excluding hydrogens is 363 g/mol. The number of benzene rings is 1. The third kappa shape index (κ3) is 7.29. The first-order valence-corrected chi connectivity index (χ1v) is 6.02. The zero-order valence-corrected chi connectivity index (χ0v) is 13.4. The molecule has 1 aromatic rings. The van der Waals surface area contributed by atoms with Crippen molar-refractivity contribution in [3.05, 3.63) is 35.4 Å². The lowest BCUT2D eigenvalue weighted by Gasteiger charge is -2.11. The molecule has 0 amide bonds. The van der Waals surface area contributed by atoms with E-state index in [1.165, 1.54) is 12.1 Å². The van der Waals surface area contributed by atoms with Gasteiger partial charge < -0.3 is 11.1 Å². The zero-order chi connectivity index (χ0) is 13.5. The van der Waals surface area contributed by atoms with Crippen LogP contribution in [-0.4, -0.2) is 18.5 Å². The minimum Gasteiger partial charge on any atom is -0.370 e. The predicted molar refractivity (Wildman–Crippen MR) is 84.9 cm³/mol. The monoisotopic (exact) mass is 383 g/mol. The van der Waals surface area contributed by atoms with Gasteiger partial charge in [-0.1, -0.05) is 6.92 Å². The quantitative estimate of drug-likeness (QED) is 0.467. The minimum atomic E-state index is -0.570. The van der Waals surface area contributed by atoms with E-state index >= 15 is 0 Å². The van der Waals surface area contributed by atoms with Crippen molar-refractivity contribution < 1.29 is 8.78 Å². The van der Waals surface area contributed by atoms with Gasteiger partial charge in [0.15, 0.2) is 5.96 Å². The first-order valence-electron chi connectivity index (χ1n) is 6.02. The Labute approximate surface area is 129 Å². The lowest BCUT2D eigenvalue weighted by atomic mass is 10.1. The molecule has 3 N–H and O–H groups in total. The molecule has 1 rings (SSSR count). The number of halogens is 3. The van der Waals surface area contributed by atoms with Crippen molar-refractivity contribution in [3.63, 3.8) is 0 Å². The maximum absolute atomic E-state index is 12.9. The van der Waals surface area contributed by atoms with E-state index < -0.39 is 11.6 Å². The Balaban J connectivity index is 0.00000324. The molecule has 3 nitrogen and oxygen atoms in total. The molecule has 0 saturated heterocycles. The van der Waals surface area contributed by atoms with Crippen LogP contribution >= 0.6 is 24.0 Å². The Morgan fingerprint density at radius 3 is 2.42 bits per heavy atom. The molecule has 0 aliphatic heterocycles. The van der Waals surface area contributed by atoms with Crippen molar-refractivity contribution in [1.29, 1.82) is 0 Å². The predicted octanol–water partition coefficient (Wildman–Crippen LogP) is 2.83. The van der Waals surface area contributed by atoms with Gasteiger partial charge in [0.1, 0.15) is 11.6 Å². The van der Waals surface area contributed by atoms with Crippen LogP contribution in [0.25, 0.3) is 0 Å². The van der Waals surface area contributed by atoms with Gasteiger partial charge in [-0.25, -0.2) is 8.78 Å². The van der Waals surface area contributed by atoms with Crippen LogP contribution in [0.1, 0.15) is 25.8 Å². The summed E-state index contributed by atoms with van der Waals surface area (Å²) in [5.74, 6) is -0.777. The van der Waals surface area contributed by atoms with E-state index in [1.54, 1.807) is 0 Å². The van der Waals surface area contributed by atoms with E-state index in [9.17, 15) is 8.78 Å². The van der Waals surface area contributed by atoms with E-state index in [0.29, 0.717) is 24.5 Å². The van der Waals surface area contributed by atoms with Crippen LogP contribution in [0.3, 0.4) is 0 Å². The summed E-state index contributed by atoms with van der Waals surface area (Å²) in [7, 11) is 0. The highest BCUT2D eigenvalue weighted by molar-refractivity contribution is 14.0. The topological polar surface area (TPSA) is 50.4 Å². The van der Waals surface area contributed by atoms with Gasteiger partial charge in [-0.3, -0.25) is 4.99 Å². The molecule has 1 atom stereocenters. The lowest BCUT2D eigenvalue weighted by Crippen LogP contribution is -2.38. The Morgan fingerprint density at radius 1 is 1.32 bits per heavy atom. The van der Waals surface area contributed by atoms with E-state index in [2.05, 4.69) is 10.3 Å². The molecule has 0 aliphatic carbocycles. The molecule has 0 heterocycles. The van der Waals surface area contributed by atoms with Crippen LogP contribution in [0.5, 0.6) is 0 Å². The standard InChI is InChI=1S/C13H19F2N3.HI/c1-3-9(2)18-13(16)17-5-4-10-6-11(14)8-12(15)7-10;/h6-9H,3-5H2,1-2H3,(H3,16,17,18);1H. The number of hydrogen-bond donors (Lipinski definition) is 2. The molecule has 0 saturated carbocycles. The Morgan fingerprint density at radius 2 is 1.89 bits per heavy atom. The lowest BCUT2D eigenvalue weighted by molar-refractivity contribution is 0.579. The van der Waals surface area contributed by atoms with E-state index in [4.69, 9.17) is 5.73 Å². The number of guanidine groups is 1. The summed E-state index contributed by atoms with van der Waals surface area (Å²) in [6, 6.07) is 3.72. The first-order chi connectivity index (χ1) is 8.51. The summed E-state index contributed by atoms with van der Waals surface area (Å²) in [6.07, 6.45) is 1.41. The van der Waals surface area contributed by atoms with Gasteiger partial charge in [-0.2, -0.15) is 0 Å². The first kappa shape index (κ1) is 18.1. The van der Waals surface area contributed by atoms with Crippen molar-refractivity contribution in [1.82, 2.24) is 5.32 Å². The van der Waals surface area contributed by atoms with Crippen LogP contribution < -0.4 is 11.1 Å². The van der Waals surface area contributed by atoms with E-state index in [0.717, 1.165) is 12.5 Å². The zero-order valence-electron chi connectivity index (χ0n) is 11.1. The molecule has 1 unspecified atom stereocenters. The highest BCUT2D eigenvalue weighted by Crippen LogP contribution is 2.08. The highest BCUT2D eigenvalue weighted by atomic mass is 127. The third-order valence-electron chi connectivity index (χ3n) is 2.61. The van der Waals surface area contributed by atoms with Gasteiger partial charge in [0.25, 0.3) is 0 Å². The van der Waals surface area contributed by atoms with E-state index in [-0.39, 0.29) is 30.0 Å². The summed E-state index contributed by atoms with van der Waals surface area (Å²) >= 11 is 0. The summed E-state index contributed by atoms with van der Waals surface area (Å²) in [5.41, 5.74) is 6.24. The fraction of sp³-hybridized carbons (Fsp3) is 0.462. The maximum atomic E-state index is 12.9. The molecule has 108 valence electrons. The average Bonchev–Trinajstić information content (AvgIpc) is 2.27. The normalized spacial score (nSPS) is 12.7. The minimum absolute atomic E-state index is 0. The van der Waals surface area contributed by atoms with Crippen LogP contribution in [0.4, 0.5) is 8.78 Å². The number of rotatable bonds is 5. The molecule has 19 heavy (non-hydrogen) atoms.